The molecule has 1 fully saturated rings. The van der Waals surface area contributed by atoms with E-state index in [4.69, 9.17) is 21.4 Å². The summed E-state index contributed by atoms with van der Waals surface area (Å²) < 4.78 is 5.33. The minimum Gasteiger partial charge on any atom is -0.478 e. The first-order valence-electron chi connectivity index (χ1n) is 4.67. The average molecular weight is 228 g/mol. The van der Waals surface area contributed by atoms with Crippen molar-refractivity contribution in [1.29, 1.82) is 0 Å². The second kappa shape index (κ2) is 4.06. The van der Waals surface area contributed by atoms with Crippen LogP contribution in [0.4, 0.5) is 0 Å². The lowest BCUT2D eigenvalue weighted by Crippen LogP contribution is -2.29. The molecule has 0 radical (unpaired) electrons. The molecule has 0 saturated heterocycles. The van der Waals surface area contributed by atoms with E-state index in [1.807, 2.05) is 0 Å². The van der Waals surface area contributed by atoms with Gasteiger partial charge >= 0.3 is 5.97 Å². The highest BCUT2D eigenvalue weighted by atomic mass is 35.5. The maximum absolute atomic E-state index is 10.9. The average Bonchev–Trinajstić information content (AvgIpc) is 2.97. The highest BCUT2D eigenvalue weighted by Gasteiger charge is 2.38. The van der Waals surface area contributed by atoms with Gasteiger partial charge in [-0.25, -0.2) is 4.79 Å². The molecule has 1 N–H and O–H groups in total. The lowest BCUT2D eigenvalue weighted by Gasteiger charge is -2.13. The molecular formula is C10H10ClNO3. The molecule has 5 heteroatoms. The quantitative estimate of drug-likeness (QED) is 0.855. The van der Waals surface area contributed by atoms with Crippen molar-refractivity contribution in [2.24, 2.45) is 5.92 Å². The fraction of sp³-hybridized carbons (Fsp3) is 0.400. The van der Waals surface area contributed by atoms with Crippen LogP contribution >= 0.6 is 11.6 Å². The molecule has 15 heavy (non-hydrogen) atoms. The van der Waals surface area contributed by atoms with Crippen LogP contribution in [0.3, 0.4) is 0 Å². The normalized spacial score (nSPS) is 17.1. The molecule has 2 rings (SSSR count). The number of nitrogens with zero attached hydrogens (tertiary/aromatic N) is 1. The van der Waals surface area contributed by atoms with E-state index >= 15 is 0 Å². The van der Waals surface area contributed by atoms with Crippen LogP contribution in [0.25, 0.3) is 0 Å². The van der Waals surface area contributed by atoms with E-state index in [0.717, 1.165) is 12.8 Å². The van der Waals surface area contributed by atoms with Gasteiger partial charge in [-0.2, -0.15) is 0 Å². The number of halogens is 1. The van der Waals surface area contributed by atoms with E-state index in [9.17, 15) is 4.79 Å². The Hall–Kier alpha value is -1.29. The summed E-state index contributed by atoms with van der Waals surface area (Å²) in [4.78, 5) is 14.7. The monoisotopic (exact) mass is 227 g/mol. The molecule has 0 spiro atoms. The fourth-order valence-electron chi connectivity index (χ4n) is 1.35. The van der Waals surface area contributed by atoms with E-state index in [1.54, 1.807) is 6.07 Å². The number of hydrogen-bond acceptors (Lipinski definition) is 3. The first kappa shape index (κ1) is 10.2. The molecule has 1 atom stereocenters. The number of carbonyl (C=O) groups is 1. The van der Waals surface area contributed by atoms with E-state index in [1.165, 1.54) is 12.4 Å². The molecule has 0 aromatic carbocycles. The number of carboxylic acids is 1. The zero-order chi connectivity index (χ0) is 10.8. The minimum absolute atomic E-state index is 0.126. The third-order valence-electron chi connectivity index (χ3n) is 2.24. The number of carboxylic acid groups (broad SMARTS) is 1. The summed E-state index contributed by atoms with van der Waals surface area (Å²) in [5, 5.41) is 9.37. The smallest absolute Gasteiger partial charge is 0.345 e. The molecule has 4 nitrogen and oxygen atoms in total. The third kappa shape index (κ3) is 2.59. The molecule has 1 aromatic rings. The number of hydrogen-bond donors (Lipinski definition) is 1. The standard InChI is InChI=1S/C10H10ClNO3/c11-7-3-8(5-12-4-7)15-9(10(13)14)6-1-2-6/h3-6,9H,1-2H2,(H,13,14). The first-order chi connectivity index (χ1) is 7.16. The summed E-state index contributed by atoms with van der Waals surface area (Å²) in [6, 6.07) is 1.56. The topological polar surface area (TPSA) is 59.4 Å². The Kier molecular flexibility index (Phi) is 2.77. The van der Waals surface area contributed by atoms with Gasteiger partial charge in [0.1, 0.15) is 5.75 Å². The van der Waals surface area contributed by atoms with Gasteiger partial charge in [0.05, 0.1) is 11.2 Å². The second-order valence-corrected chi connectivity index (χ2v) is 3.99. The molecule has 1 aliphatic carbocycles. The molecule has 0 amide bonds. The fourth-order valence-corrected chi connectivity index (χ4v) is 1.51. The predicted molar refractivity (Wildman–Crippen MR) is 54.0 cm³/mol. The Morgan fingerprint density at radius 1 is 1.60 bits per heavy atom. The van der Waals surface area contributed by atoms with Crippen molar-refractivity contribution in [3.63, 3.8) is 0 Å². The van der Waals surface area contributed by atoms with Gasteiger partial charge in [-0.15, -0.1) is 0 Å². The molecule has 0 bridgehead atoms. The van der Waals surface area contributed by atoms with Crippen molar-refractivity contribution >= 4 is 17.6 Å². The van der Waals surface area contributed by atoms with E-state index in [2.05, 4.69) is 4.98 Å². The second-order valence-electron chi connectivity index (χ2n) is 3.55. The van der Waals surface area contributed by atoms with Gasteiger partial charge in [0.15, 0.2) is 6.10 Å². The molecule has 1 aromatic heterocycles. The van der Waals surface area contributed by atoms with Crippen molar-refractivity contribution in [3.8, 4) is 5.75 Å². The van der Waals surface area contributed by atoms with Crippen LogP contribution in [0.2, 0.25) is 5.02 Å². The van der Waals surface area contributed by atoms with E-state index in [0.29, 0.717) is 10.8 Å². The lowest BCUT2D eigenvalue weighted by molar-refractivity contribution is -0.146. The number of ether oxygens (including phenoxy) is 1. The molecule has 1 unspecified atom stereocenters. The van der Waals surface area contributed by atoms with Crippen LogP contribution < -0.4 is 4.74 Å². The SMILES string of the molecule is O=C(O)C(Oc1cncc(Cl)c1)C1CC1. The van der Waals surface area contributed by atoms with Gasteiger partial charge in [-0.1, -0.05) is 11.6 Å². The van der Waals surface area contributed by atoms with E-state index in [-0.39, 0.29) is 5.92 Å². The van der Waals surface area contributed by atoms with Crippen LogP contribution in [-0.2, 0) is 4.79 Å². The molecule has 1 heterocycles. The number of pyridine rings is 1. The third-order valence-corrected chi connectivity index (χ3v) is 2.44. The molecule has 80 valence electrons. The highest BCUT2D eigenvalue weighted by Crippen LogP contribution is 2.35. The molecule has 1 aliphatic rings. The summed E-state index contributed by atoms with van der Waals surface area (Å²) in [6.07, 6.45) is 3.98. The molecule has 1 saturated carbocycles. The summed E-state index contributed by atoms with van der Waals surface area (Å²) >= 11 is 5.71. The number of rotatable bonds is 4. The molecule has 0 aliphatic heterocycles. The van der Waals surface area contributed by atoms with Crippen molar-refractivity contribution in [3.05, 3.63) is 23.5 Å². The van der Waals surface area contributed by atoms with Crippen LogP contribution in [0.5, 0.6) is 5.75 Å². The van der Waals surface area contributed by atoms with Crippen molar-refractivity contribution < 1.29 is 14.6 Å². The van der Waals surface area contributed by atoms with Crippen molar-refractivity contribution in [2.75, 3.05) is 0 Å². The first-order valence-corrected chi connectivity index (χ1v) is 5.04. The van der Waals surface area contributed by atoms with Crippen LogP contribution in [0.15, 0.2) is 18.5 Å². The van der Waals surface area contributed by atoms with Gasteiger partial charge in [-0.05, 0) is 12.8 Å². The Morgan fingerprint density at radius 3 is 2.87 bits per heavy atom. The molecular weight excluding hydrogens is 218 g/mol. The van der Waals surface area contributed by atoms with Crippen LogP contribution in [0.1, 0.15) is 12.8 Å². The lowest BCUT2D eigenvalue weighted by atomic mass is 10.2. The van der Waals surface area contributed by atoms with Gasteiger partial charge in [-0.3, -0.25) is 4.98 Å². The maximum atomic E-state index is 10.9. The zero-order valence-electron chi connectivity index (χ0n) is 7.89. The largest absolute Gasteiger partial charge is 0.478 e. The van der Waals surface area contributed by atoms with Crippen molar-refractivity contribution in [1.82, 2.24) is 4.98 Å². The minimum atomic E-state index is -0.933. The Morgan fingerprint density at radius 2 is 2.33 bits per heavy atom. The summed E-state index contributed by atoms with van der Waals surface area (Å²) in [5.74, 6) is -0.402. The maximum Gasteiger partial charge on any atom is 0.345 e. The van der Waals surface area contributed by atoms with Gasteiger partial charge in [0.25, 0.3) is 0 Å². The van der Waals surface area contributed by atoms with Crippen molar-refractivity contribution in [2.45, 2.75) is 18.9 Å². The van der Waals surface area contributed by atoms with Gasteiger partial charge in [0.2, 0.25) is 0 Å². The summed E-state index contributed by atoms with van der Waals surface area (Å²) in [7, 11) is 0. The zero-order valence-corrected chi connectivity index (χ0v) is 8.65. The van der Waals surface area contributed by atoms with Gasteiger partial charge < -0.3 is 9.84 Å². The highest BCUT2D eigenvalue weighted by molar-refractivity contribution is 6.30. The summed E-state index contributed by atoms with van der Waals surface area (Å²) in [5.41, 5.74) is 0. The van der Waals surface area contributed by atoms with Gasteiger partial charge in [0, 0.05) is 18.2 Å². The number of aliphatic carboxylic acids is 1. The Bertz CT molecular complexity index is 379. The van der Waals surface area contributed by atoms with E-state index < -0.39 is 12.1 Å². The van der Waals surface area contributed by atoms with Crippen LogP contribution in [-0.4, -0.2) is 22.2 Å². The summed E-state index contributed by atoms with van der Waals surface area (Å²) in [6.45, 7) is 0. The Balaban J connectivity index is 2.08. The Labute approximate surface area is 91.8 Å². The van der Waals surface area contributed by atoms with Crippen LogP contribution in [0, 0.1) is 5.92 Å². The predicted octanol–water partition coefficient (Wildman–Crippen LogP) is 1.98. The number of aromatic nitrogens is 1.